The van der Waals surface area contributed by atoms with Crippen molar-refractivity contribution in [2.75, 3.05) is 31.1 Å². The molecule has 0 radical (unpaired) electrons. The van der Waals surface area contributed by atoms with Gasteiger partial charge in [-0.25, -0.2) is 4.79 Å². The van der Waals surface area contributed by atoms with E-state index >= 15 is 0 Å². The van der Waals surface area contributed by atoms with Gasteiger partial charge in [0.25, 0.3) is 5.91 Å². The van der Waals surface area contributed by atoms with Crippen molar-refractivity contribution in [2.24, 2.45) is 0 Å². The van der Waals surface area contributed by atoms with Crippen molar-refractivity contribution in [3.05, 3.63) is 28.8 Å². The molecular formula is C15H22Cl2N4O2. The summed E-state index contributed by atoms with van der Waals surface area (Å²) in [4.78, 5) is 25.5. The van der Waals surface area contributed by atoms with Crippen LogP contribution in [0.5, 0.6) is 0 Å². The van der Waals surface area contributed by atoms with E-state index in [1.807, 2.05) is 13.8 Å². The van der Waals surface area contributed by atoms with Crippen molar-refractivity contribution in [1.82, 2.24) is 16.0 Å². The fourth-order valence-electron chi connectivity index (χ4n) is 2.33. The van der Waals surface area contributed by atoms with Crippen LogP contribution in [0.2, 0.25) is 5.02 Å². The number of likely N-dealkylation sites (N-methyl/N-ethyl adjacent to an activating group) is 1. The molecule has 1 aliphatic heterocycles. The van der Waals surface area contributed by atoms with Gasteiger partial charge in [-0.15, -0.1) is 12.4 Å². The SMILES string of the molecule is CCN[C@H](C)CNC(=O)c1ccc(Cl)c(N2CCNC2=O)c1.Cl. The van der Waals surface area contributed by atoms with Gasteiger partial charge in [-0.2, -0.15) is 0 Å². The number of amides is 3. The van der Waals surface area contributed by atoms with Gasteiger partial charge in [0.05, 0.1) is 10.7 Å². The van der Waals surface area contributed by atoms with E-state index < -0.39 is 0 Å². The molecule has 0 bridgehead atoms. The van der Waals surface area contributed by atoms with Gasteiger partial charge in [-0.3, -0.25) is 9.69 Å². The Hall–Kier alpha value is -1.50. The first-order valence-electron chi connectivity index (χ1n) is 7.39. The molecule has 0 unspecified atom stereocenters. The van der Waals surface area contributed by atoms with Crippen molar-refractivity contribution >= 4 is 41.6 Å². The Morgan fingerprint density at radius 1 is 1.48 bits per heavy atom. The first-order valence-corrected chi connectivity index (χ1v) is 7.77. The van der Waals surface area contributed by atoms with E-state index in [4.69, 9.17) is 11.6 Å². The average Bonchev–Trinajstić information content (AvgIpc) is 2.91. The minimum atomic E-state index is -0.194. The Balaban J connectivity index is 0.00000264. The predicted molar refractivity (Wildman–Crippen MR) is 94.9 cm³/mol. The van der Waals surface area contributed by atoms with Gasteiger partial charge in [0.15, 0.2) is 0 Å². The highest BCUT2D eigenvalue weighted by atomic mass is 35.5. The molecule has 1 aromatic rings. The zero-order valence-electron chi connectivity index (χ0n) is 13.2. The van der Waals surface area contributed by atoms with Crippen LogP contribution in [0.1, 0.15) is 24.2 Å². The Labute approximate surface area is 147 Å². The molecule has 8 heteroatoms. The third kappa shape index (κ3) is 4.99. The first kappa shape index (κ1) is 19.5. The van der Waals surface area contributed by atoms with Crippen LogP contribution in [-0.4, -0.2) is 44.2 Å². The average molecular weight is 361 g/mol. The first-order chi connectivity index (χ1) is 10.5. The van der Waals surface area contributed by atoms with E-state index in [-0.39, 0.29) is 30.4 Å². The number of benzene rings is 1. The molecule has 0 aliphatic carbocycles. The third-order valence-corrected chi connectivity index (χ3v) is 3.80. The lowest BCUT2D eigenvalue weighted by Crippen LogP contribution is -2.38. The zero-order valence-corrected chi connectivity index (χ0v) is 14.8. The van der Waals surface area contributed by atoms with Crippen molar-refractivity contribution in [3.63, 3.8) is 0 Å². The summed E-state index contributed by atoms with van der Waals surface area (Å²) in [7, 11) is 0. The minimum Gasteiger partial charge on any atom is -0.350 e. The van der Waals surface area contributed by atoms with Crippen molar-refractivity contribution < 1.29 is 9.59 Å². The van der Waals surface area contributed by atoms with Gasteiger partial charge in [0, 0.05) is 31.2 Å². The van der Waals surface area contributed by atoms with Crippen molar-refractivity contribution in [1.29, 1.82) is 0 Å². The standard InChI is InChI=1S/C15H21ClN4O2.ClH/c1-3-17-10(2)9-19-14(21)11-4-5-12(16)13(8-11)20-7-6-18-15(20)22;/h4-5,8,10,17H,3,6-7,9H2,1-2H3,(H,18,22)(H,19,21);1H/t10-;/m1./s1. The van der Waals surface area contributed by atoms with Crippen LogP contribution < -0.4 is 20.9 Å². The van der Waals surface area contributed by atoms with E-state index in [1.165, 1.54) is 0 Å². The second-order valence-corrected chi connectivity index (χ2v) is 5.63. The summed E-state index contributed by atoms with van der Waals surface area (Å²) in [5.74, 6) is -0.178. The highest BCUT2D eigenvalue weighted by Gasteiger charge is 2.24. The molecule has 3 amide bonds. The zero-order chi connectivity index (χ0) is 16.1. The second kappa shape index (κ2) is 8.96. The quantitative estimate of drug-likeness (QED) is 0.726. The summed E-state index contributed by atoms with van der Waals surface area (Å²) in [6, 6.07) is 4.96. The van der Waals surface area contributed by atoms with E-state index in [0.717, 1.165) is 6.54 Å². The number of hydrogen-bond donors (Lipinski definition) is 3. The molecule has 128 valence electrons. The summed E-state index contributed by atoms with van der Waals surface area (Å²) >= 11 is 6.15. The van der Waals surface area contributed by atoms with Crippen LogP contribution in [0.15, 0.2) is 18.2 Å². The second-order valence-electron chi connectivity index (χ2n) is 5.22. The fourth-order valence-corrected chi connectivity index (χ4v) is 2.55. The minimum absolute atomic E-state index is 0. The van der Waals surface area contributed by atoms with E-state index in [9.17, 15) is 9.59 Å². The number of nitrogens with zero attached hydrogens (tertiary/aromatic N) is 1. The maximum atomic E-state index is 12.2. The molecule has 1 aliphatic rings. The Morgan fingerprint density at radius 2 is 2.22 bits per heavy atom. The van der Waals surface area contributed by atoms with Crippen LogP contribution in [0, 0.1) is 0 Å². The monoisotopic (exact) mass is 360 g/mol. The van der Waals surface area contributed by atoms with E-state index in [2.05, 4.69) is 16.0 Å². The van der Waals surface area contributed by atoms with Crippen LogP contribution in [-0.2, 0) is 0 Å². The number of anilines is 1. The molecule has 1 aromatic carbocycles. The normalized spacial score (nSPS) is 14.9. The lowest BCUT2D eigenvalue weighted by molar-refractivity contribution is 0.0950. The van der Waals surface area contributed by atoms with Crippen LogP contribution >= 0.6 is 24.0 Å². The summed E-state index contributed by atoms with van der Waals surface area (Å²) in [6.07, 6.45) is 0. The predicted octanol–water partition coefficient (Wildman–Crippen LogP) is 2.02. The molecule has 1 fully saturated rings. The van der Waals surface area contributed by atoms with Crippen molar-refractivity contribution in [2.45, 2.75) is 19.9 Å². The molecular weight excluding hydrogens is 339 g/mol. The lowest BCUT2D eigenvalue weighted by atomic mass is 10.1. The molecule has 0 aromatic heterocycles. The molecule has 3 N–H and O–H groups in total. The Bertz CT molecular complexity index is 568. The summed E-state index contributed by atoms with van der Waals surface area (Å²) in [5, 5.41) is 9.27. The number of hydrogen-bond acceptors (Lipinski definition) is 3. The summed E-state index contributed by atoms with van der Waals surface area (Å²) in [5.41, 5.74) is 1.05. The topological polar surface area (TPSA) is 73.5 Å². The molecule has 6 nitrogen and oxygen atoms in total. The maximum absolute atomic E-state index is 12.2. The highest BCUT2D eigenvalue weighted by molar-refractivity contribution is 6.34. The van der Waals surface area contributed by atoms with Gasteiger partial charge in [-0.05, 0) is 31.7 Å². The highest BCUT2D eigenvalue weighted by Crippen LogP contribution is 2.28. The van der Waals surface area contributed by atoms with E-state index in [0.29, 0.717) is 35.9 Å². The molecule has 2 rings (SSSR count). The van der Waals surface area contributed by atoms with E-state index in [1.54, 1.807) is 23.1 Å². The molecule has 1 atom stereocenters. The molecule has 0 saturated carbocycles. The fraction of sp³-hybridized carbons (Fsp3) is 0.467. The smallest absolute Gasteiger partial charge is 0.322 e. The van der Waals surface area contributed by atoms with Gasteiger partial charge in [0.1, 0.15) is 0 Å². The molecule has 23 heavy (non-hydrogen) atoms. The maximum Gasteiger partial charge on any atom is 0.322 e. The number of carbonyl (C=O) groups excluding carboxylic acids is 2. The number of nitrogens with one attached hydrogen (secondary N) is 3. The number of carbonyl (C=O) groups is 2. The molecule has 1 heterocycles. The largest absolute Gasteiger partial charge is 0.350 e. The van der Waals surface area contributed by atoms with Gasteiger partial charge >= 0.3 is 6.03 Å². The number of rotatable bonds is 6. The number of halogens is 2. The van der Waals surface area contributed by atoms with Gasteiger partial charge in [0.2, 0.25) is 0 Å². The van der Waals surface area contributed by atoms with Crippen molar-refractivity contribution in [3.8, 4) is 0 Å². The molecule has 1 saturated heterocycles. The Morgan fingerprint density at radius 3 is 2.83 bits per heavy atom. The summed E-state index contributed by atoms with van der Waals surface area (Å²) < 4.78 is 0. The molecule has 0 spiro atoms. The lowest BCUT2D eigenvalue weighted by Gasteiger charge is -2.17. The number of urea groups is 1. The summed E-state index contributed by atoms with van der Waals surface area (Å²) in [6.45, 7) is 6.53. The van der Waals surface area contributed by atoms with Crippen LogP contribution in [0.25, 0.3) is 0 Å². The van der Waals surface area contributed by atoms with Gasteiger partial charge in [-0.1, -0.05) is 18.5 Å². The van der Waals surface area contributed by atoms with Crippen LogP contribution in [0.4, 0.5) is 10.5 Å². The van der Waals surface area contributed by atoms with Gasteiger partial charge < -0.3 is 16.0 Å². The third-order valence-electron chi connectivity index (χ3n) is 3.48. The van der Waals surface area contributed by atoms with Crippen LogP contribution in [0.3, 0.4) is 0 Å². The Kier molecular flexibility index (Phi) is 7.61.